The first-order valence-corrected chi connectivity index (χ1v) is 4.71. The molecule has 1 heterocycles. The topological polar surface area (TPSA) is 72.9 Å². The predicted octanol–water partition coefficient (Wildman–Crippen LogP) is 0.523. The summed E-state index contributed by atoms with van der Waals surface area (Å²) in [5, 5.41) is 4.20. The maximum atomic E-state index is 11.4. The summed E-state index contributed by atoms with van der Waals surface area (Å²) in [6.45, 7) is 3.91. The van der Waals surface area contributed by atoms with E-state index in [0.29, 0.717) is 0 Å². The molecule has 0 aliphatic heterocycles. The largest absolute Gasteiger partial charge is 0.292 e. The molecule has 0 saturated heterocycles. The number of hydrogen-bond acceptors (Lipinski definition) is 3. The summed E-state index contributed by atoms with van der Waals surface area (Å²) >= 11 is 0. The number of aryl methyl sites for hydroxylation is 1. The number of amides is 1. The van der Waals surface area contributed by atoms with E-state index in [0.717, 1.165) is 18.5 Å². The second-order valence-corrected chi connectivity index (χ2v) is 3.25. The number of carbonyl (C=O) groups is 1. The zero-order valence-corrected chi connectivity index (χ0v) is 8.53. The van der Waals surface area contributed by atoms with E-state index in [-0.39, 0.29) is 11.9 Å². The van der Waals surface area contributed by atoms with Crippen LogP contribution in [-0.4, -0.2) is 15.7 Å². The average Bonchev–Trinajstić information content (AvgIpc) is 2.60. The molecule has 0 radical (unpaired) electrons. The Bertz CT molecular complexity index is 308. The minimum Gasteiger partial charge on any atom is -0.292 e. The minimum atomic E-state index is -0.293. The van der Waals surface area contributed by atoms with E-state index in [1.165, 1.54) is 0 Å². The summed E-state index contributed by atoms with van der Waals surface area (Å²) in [4.78, 5) is 11.4. The summed E-state index contributed by atoms with van der Waals surface area (Å²) in [7, 11) is 0. The Morgan fingerprint density at radius 2 is 2.50 bits per heavy atom. The highest BCUT2D eigenvalue weighted by Gasteiger charge is 2.18. The first-order valence-electron chi connectivity index (χ1n) is 4.71. The molecule has 0 aliphatic carbocycles. The fraction of sp³-hybridized carbons (Fsp3) is 0.556. The lowest BCUT2D eigenvalue weighted by atomic mass is 10.1. The molecule has 0 spiro atoms. The third-order valence-corrected chi connectivity index (χ3v) is 2.07. The van der Waals surface area contributed by atoms with Gasteiger partial charge in [-0.1, -0.05) is 13.3 Å². The molecule has 0 fully saturated rings. The number of hydrogen-bond donors (Lipinski definition) is 2. The summed E-state index contributed by atoms with van der Waals surface area (Å²) in [6.07, 6.45) is 3.45. The molecule has 1 aromatic heterocycles. The van der Waals surface area contributed by atoms with E-state index in [9.17, 15) is 4.79 Å². The molecule has 0 aliphatic rings. The Balaban J connectivity index is 2.82. The van der Waals surface area contributed by atoms with Crippen molar-refractivity contribution in [1.82, 2.24) is 15.2 Å². The lowest BCUT2D eigenvalue weighted by Crippen LogP contribution is -2.37. The highest BCUT2D eigenvalue weighted by molar-refractivity contribution is 5.79. The van der Waals surface area contributed by atoms with Crippen molar-refractivity contribution in [3.8, 4) is 0 Å². The van der Waals surface area contributed by atoms with Crippen molar-refractivity contribution in [2.45, 2.75) is 32.7 Å². The van der Waals surface area contributed by atoms with Crippen LogP contribution in [0.3, 0.4) is 0 Å². The first-order chi connectivity index (χ1) is 6.69. The third-order valence-electron chi connectivity index (χ3n) is 2.07. The van der Waals surface area contributed by atoms with Gasteiger partial charge in [-0.25, -0.2) is 5.84 Å². The molecule has 1 atom stereocenters. The normalized spacial score (nSPS) is 12.5. The highest BCUT2D eigenvalue weighted by Crippen LogP contribution is 2.12. The monoisotopic (exact) mass is 196 g/mol. The van der Waals surface area contributed by atoms with Crippen LogP contribution in [0.5, 0.6) is 0 Å². The van der Waals surface area contributed by atoms with Gasteiger partial charge in [0.25, 0.3) is 5.91 Å². The minimum absolute atomic E-state index is 0.199. The van der Waals surface area contributed by atoms with Crippen LogP contribution in [-0.2, 0) is 4.79 Å². The summed E-state index contributed by atoms with van der Waals surface area (Å²) < 4.78 is 1.65. The van der Waals surface area contributed by atoms with Gasteiger partial charge in [0.05, 0.1) is 5.69 Å². The van der Waals surface area contributed by atoms with E-state index < -0.39 is 0 Å². The van der Waals surface area contributed by atoms with Crippen LogP contribution >= 0.6 is 0 Å². The fourth-order valence-corrected chi connectivity index (χ4v) is 1.36. The third kappa shape index (κ3) is 2.32. The molecule has 0 saturated carbocycles. The number of nitrogens with zero attached hydrogens (tertiary/aromatic N) is 2. The Kier molecular flexibility index (Phi) is 3.64. The Morgan fingerprint density at radius 3 is 2.93 bits per heavy atom. The maximum absolute atomic E-state index is 11.4. The predicted molar refractivity (Wildman–Crippen MR) is 53.2 cm³/mol. The smallest absolute Gasteiger partial charge is 0.258 e. The number of nitrogens with one attached hydrogen (secondary N) is 1. The summed E-state index contributed by atoms with van der Waals surface area (Å²) in [5.74, 6) is 4.91. The van der Waals surface area contributed by atoms with Gasteiger partial charge in [-0.15, -0.1) is 0 Å². The average molecular weight is 196 g/mol. The summed E-state index contributed by atoms with van der Waals surface area (Å²) in [5.41, 5.74) is 3.06. The van der Waals surface area contributed by atoms with Gasteiger partial charge in [0, 0.05) is 6.20 Å². The zero-order chi connectivity index (χ0) is 10.6. The highest BCUT2D eigenvalue weighted by atomic mass is 16.2. The number of aromatic nitrogens is 2. The molecule has 5 nitrogen and oxygen atoms in total. The molecule has 1 aromatic rings. The number of hydrazine groups is 1. The van der Waals surface area contributed by atoms with Gasteiger partial charge < -0.3 is 0 Å². The molecule has 0 aromatic carbocycles. The van der Waals surface area contributed by atoms with Crippen LogP contribution < -0.4 is 11.3 Å². The van der Waals surface area contributed by atoms with Crippen molar-refractivity contribution < 1.29 is 4.79 Å². The Morgan fingerprint density at radius 1 is 1.79 bits per heavy atom. The SMILES string of the molecule is CCCC(C(=O)NN)n1ccc(C)n1. The zero-order valence-electron chi connectivity index (χ0n) is 8.53. The number of rotatable bonds is 4. The van der Waals surface area contributed by atoms with E-state index in [1.807, 2.05) is 19.9 Å². The second-order valence-electron chi connectivity index (χ2n) is 3.25. The van der Waals surface area contributed by atoms with Crippen molar-refractivity contribution in [2.75, 3.05) is 0 Å². The van der Waals surface area contributed by atoms with E-state index >= 15 is 0 Å². The second kappa shape index (κ2) is 4.76. The number of carbonyl (C=O) groups excluding carboxylic acids is 1. The van der Waals surface area contributed by atoms with Crippen LogP contribution in [0.1, 0.15) is 31.5 Å². The standard InChI is InChI=1S/C9H16N4O/c1-3-4-8(9(14)11-10)13-6-5-7(2)12-13/h5-6,8H,3-4,10H2,1-2H3,(H,11,14). The van der Waals surface area contributed by atoms with Gasteiger partial charge in [0.2, 0.25) is 0 Å². The van der Waals surface area contributed by atoms with E-state index in [4.69, 9.17) is 5.84 Å². The molecule has 0 bridgehead atoms. The lowest BCUT2D eigenvalue weighted by molar-refractivity contribution is -0.124. The van der Waals surface area contributed by atoms with Crippen LogP contribution in [0.25, 0.3) is 0 Å². The summed E-state index contributed by atoms with van der Waals surface area (Å²) in [6, 6.07) is 1.57. The van der Waals surface area contributed by atoms with Crippen molar-refractivity contribution in [2.24, 2.45) is 5.84 Å². The van der Waals surface area contributed by atoms with Gasteiger partial charge in [-0.2, -0.15) is 5.10 Å². The van der Waals surface area contributed by atoms with Crippen molar-refractivity contribution in [3.63, 3.8) is 0 Å². The van der Waals surface area contributed by atoms with Crippen molar-refractivity contribution in [1.29, 1.82) is 0 Å². The Labute approximate surface area is 83.2 Å². The number of nitrogens with two attached hydrogens (primary N) is 1. The maximum Gasteiger partial charge on any atom is 0.258 e. The molecular formula is C9H16N4O. The molecule has 1 unspecified atom stereocenters. The molecule has 1 amide bonds. The first kappa shape index (κ1) is 10.7. The molecule has 78 valence electrons. The molecule has 1 rings (SSSR count). The fourth-order valence-electron chi connectivity index (χ4n) is 1.36. The van der Waals surface area contributed by atoms with Gasteiger partial charge >= 0.3 is 0 Å². The lowest BCUT2D eigenvalue weighted by Gasteiger charge is -2.14. The van der Waals surface area contributed by atoms with Gasteiger partial charge in [0.1, 0.15) is 6.04 Å². The van der Waals surface area contributed by atoms with Gasteiger partial charge in [0.15, 0.2) is 0 Å². The van der Waals surface area contributed by atoms with Crippen LogP contribution in [0, 0.1) is 6.92 Å². The van der Waals surface area contributed by atoms with Crippen LogP contribution in [0.4, 0.5) is 0 Å². The molecule has 3 N–H and O–H groups in total. The Hall–Kier alpha value is -1.36. The van der Waals surface area contributed by atoms with E-state index in [1.54, 1.807) is 10.9 Å². The van der Waals surface area contributed by atoms with Crippen molar-refractivity contribution in [3.05, 3.63) is 18.0 Å². The van der Waals surface area contributed by atoms with Crippen LogP contribution in [0.15, 0.2) is 12.3 Å². The van der Waals surface area contributed by atoms with Gasteiger partial charge in [-0.3, -0.25) is 14.9 Å². The van der Waals surface area contributed by atoms with Crippen molar-refractivity contribution >= 4 is 5.91 Å². The quantitative estimate of drug-likeness (QED) is 0.419. The van der Waals surface area contributed by atoms with Gasteiger partial charge in [-0.05, 0) is 19.4 Å². The van der Waals surface area contributed by atoms with E-state index in [2.05, 4.69) is 10.5 Å². The molecular weight excluding hydrogens is 180 g/mol. The molecule has 5 heteroatoms. The van der Waals surface area contributed by atoms with Crippen LogP contribution in [0.2, 0.25) is 0 Å². The molecule has 14 heavy (non-hydrogen) atoms.